The number of hydrogen-bond donors (Lipinski definition) is 1. The third kappa shape index (κ3) is 5.47. The predicted molar refractivity (Wildman–Crippen MR) is 97.0 cm³/mol. The number of likely N-dealkylation sites (tertiary alicyclic amines) is 1. The Morgan fingerprint density at radius 1 is 1.27 bits per heavy atom. The van der Waals surface area contributed by atoms with Crippen molar-refractivity contribution in [1.82, 2.24) is 4.90 Å². The van der Waals surface area contributed by atoms with Gasteiger partial charge in [-0.25, -0.2) is 0 Å². The maximum absolute atomic E-state index is 12.3. The van der Waals surface area contributed by atoms with Crippen LogP contribution in [0.5, 0.6) is 5.75 Å². The Morgan fingerprint density at radius 2 is 2.04 bits per heavy atom. The van der Waals surface area contributed by atoms with Crippen LogP contribution in [0.3, 0.4) is 0 Å². The van der Waals surface area contributed by atoms with Gasteiger partial charge in [0.1, 0.15) is 12.3 Å². The lowest BCUT2D eigenvalue weighted by atomic mass is 10.2. The highest BCUT2D eigenvalue weighted by Gasteiger charge is 2.23. The zero-order chi connectivity index (χ0) is 19.1. The van der Waals surface area contributed by atoms with Crippen molar-refractivity contribution in [1.29, 1.82) is 0 Å². The molecule has 0 aliphatic carbocycles. The minimum atomic E-state index is -0.977. The molecule has 0 saturated carbocycles. The molecule has 1 heterocycles. The maximum atomic E-state index is 12.3. The summed E-state index contributed by atoms with van der Waals surface area (Å²) in [5, 5.41) is 2.71. The molecule has 1 aromatic rings. The Bertz CT molecular complexity index is 674. The number of carbonyl (C=O) groups is 3. The number of esters is 1. The summed E-state index contributed by atoms with van der Waals surface area (Å²) in [5.74, 6) is -0.553. The average molecular weight is 362 g/mol. The van der Waals surface area contributed by atoms with Crippen LogP contribution in [-0.4, -0.2) is 49.0 Å². The number of amides is 2. The molecule has 7 heteroatoms. The molecular weight excluding hydrogens is 336 g/mol. The van der Waals surface area contributed by atoms with E-state index < -0.39 is 18.0 Å². The van der Waals surface area contributed by atoms with E-state index in [1.165, 1.54) is 18.9 Å². The van der Waals surface area contributed by atoms with E-state index in [1.54, 1.807) is 12.1 Å². The molecule has 142 valence electrons. The van der Waals surface area contributed by atoms with Gasteiger partial charge in [0.25, 0.3) is 5.91 Å². The molecule has 1 saturated heterocycles. The quantitative estimate of drug-likeness (QED) is 0.785. The van der Waals surface area contributed by atoms with Gasteiger partial charge in [-0.2, -0.15) is 0 Å². The molecule has 0 radical (unpaired) electrons. The van der Waals surface area contributed by atoms with Crippen molar-refractivity contribution in [2.24, 2.45) is 0 Å². The van der Waals surface area contributed by atoms with Crippen LogP contribution >= 0.6 is 0 Å². The van der Waals surface area contributed by atoms with Gasteiger partial charge < -0.3 is 19.7 Å². The summed E-state index contributed by atoms with van der Waals surface area (Å²) >= 11 is 0. The van der Waals surface area contributed by atoms with Crippen molar-refractivity contribution >= 4 is 23.5 Å². The number of carbonyl (C=O) groups excluding carboxylic acids is 3. The number of methoxy groups -OCH3 is 1. The van der Waals surface area contributed by atoms with Gasteiger partial charge in [-0.3, -0.25) is 14.4 Å². The van der Waals surface area contributed by atoms with Crippen molar-refractivity contribution in [2.75, 3.05) is 25.5 Å². The predicted octanol–water partition coefficient (Wildman–Crippen LogP) is 2.28. The minimum absolute atomic E-state index is 0.0407. The fourth-order valence-electron chi connectivity index (χ4n) is 2.80. The van der Waals surface area contributed by atoms with Crippen molar-refractivity contribution < 1.29 is 23.9 Å². The SMILES string of the molecule is COc1ccc(C)cc1NC(=O)[C@H](C)OC(=O)CN1CCCCCC1=O. The fourth-order valence-corrected chi connectivity index (χ4v) is 2.80. The summed E-state index contributed by atoms with van der Waals surface area (Å²) in [4.78, 5) is 37.8. The van der Waals surface area contributed by atoms with Gasteiger partial charge in [0.2, 0.25) is 5.91 Å². The minimum Gasteiger partial charge on any atom is -0.495 e. The zero-order valence-corrected chi connectivity index (χ0v) is 15.5. The number of ether oxygens (including phenoxy) is 2. The van der Waals surface area contributed by atoms with Crippen molar-refractivity contribution in [2.45, 2.75) is 45.6 Å². The van der Waals surface area contributed by atoms with E-state index in [-0.39, 0.29) is 12.5 Å². The van der Waals surface area contributed by atoms with Crippen LogP contribution in [0.1, 0.15) is 38.2 Å². The van der Waals surface area contributed by atoms with Gasteiger partial charge in [0.15, 0.2) is 6.10 Å². The van der Waals surface area contributed by atoms with E-state index in [4.69, 9.17) is 9.47 Å². The first-order valence-corrected chi connectivity index (χ1v) is 8.83. The molecule has 1 aliphatic heterocycles. The second kappa shape index (κ2) is 9.22. The first-order valence-electron chi connectivity index (χ1n) is 8.83. The van der Waals surface area contributed by atoms with Crippen LogP contribution in [-0.2, 0) is 19.1 Å². The standard InChI is InChI=1S/C19H26N2O5/c1-13-8-9-16(25-3)15(11-13)20-19(24)14(2)26-18(23)12-21-10-6-4-5-7-17(21)22/h8-9,11,14H,4-7,10,12H2,1-3H3,(H,20,24)/t14-/m0/s1. The van der Waals surface area contributed by atoms with E-state index in [2.05, 4.69) is 5.32 Å². The molecule has 2 amide bonds. The van der Waals surface area contributed by atoms with Gasteiger partial charge >= 0.3 is 5.97 Å². The number of hydrogen-bond acceptors (Lipinski definition) is 5. The van der Waals surface area contributed by atoms with Crippen LogP contribution < -0.4 is 10.1 Å². The first-order chi connectivity index (χ1) is 12.4. The second-order valence-corrected chi connectivity index (χ2v) is 6.45. The van der Waals surface area contributed by atoms with Crippen LogP contribution in [0.4, 0.5) is 5.69 Å². The third-order valence-electron chi connectivity index (χ3n) is 4.28. The van der Waals surface area contributed by atoms with Gasteiger partial charge in [-0.1, -0.05) is 12.5 Å². The highest BCUT2D eigenvalue weighted by Crippen LogP contribution is 2.25. The molecule has 1 atom stereocenters. The van der Waals surface area contributed by atoms with Gasteiger partial charge in [0, 0.05) is 13.0 Å². The Hall–Kier alpha value is -2.57. The summed E-state index contributed by atoms with van der Waals surface area (Å²) < 4.78 is 10.4. The number of aryl methyl sites for hydroxylation is 1. The molecule has 26 heavy (non-hydrogen) atoms. The third-order valence-corrected chi connectivity index (χ3v) is 4.28. The summed E-state index contributed by atoms with van der Waals surface area (Å²) in [6.45, 7) is 3.83. The molecule has 1 aliphatic rings. The smallest absolute Gasteiger partial charge is 0.326 e. The lowest BCUT2D eigenvalue weighted by molar-refractivity contribution is -0.156. The monoisotopic (exact) mass is 362 g/mol. The molecule has 0 unspecified atom stereocenters. The average Bonchev–Trinajstić information content (AvgIpc) is 2.79. The Kier molecular flexibility index (Phi) is 7.00. The lowest BCUT2D eigenvalue weighted by Crippen LogP contribution is -2.38. The van der Waals surface area contributed by atoms with E-state index in [0.29, 0.717) is 24.4 Å². The lowest BCUT2D eigenvalue weighted by Gasteiger charge is -2.21. The molecule has 1 fully saturated rings. The van der Waals surface area contributed by atoms with Crippen LogP contribution in [0.2, 0.25) is 0 Å². The number of nitrogens with zero attached hydrogens (tertiary/aromatic N) is 1. The van der Waals surface area contributed by atoms with Gasteiger partial charge in [-0.15, -0.1) is 0 Å². The Labute approximate surface area is 153 Å². The number of anilines is 1. The second-order valence-electron chi connectivity index (χ2n) is 6.45. The van der Waals surface area contributed by atoms with E-state index in [1.807, 2.05) is 13.0 Å². The fraction of sp³-hybridized carbons (Fsp3) is 0.526. The van der Waals surface area contributed by atoms with Crippen molar-refractivity contribution in [3.8, 4) is 5.75 Å². The maximum Gasteiger partial charge on any atom is 0.326 e. The summed E-state index contributed by atoms with van der Waals surface area (Å²) in [5.41, 5.74) is 1.48. The van der Waals surface area contributed by atoms with Crippen molar-refractivity contribution in [3.63, 3.8) is 0 Å². The van der Waals surface area contributed by atoms with Crippen LogP contribution in [0.15, 0.2) is 18.2 Å². The molecule has 1 aromatic carbocycles. The zero-order valence-electron chi connectivity index (χ0n) is 15.5. The Balaban J connectivity index is 1.91. The van der Waals surface area contributed by atoms with Gasteiger partial charge in [0.05, 0.1) is 12.8 Å². The Morgan fingerprint density at radius 3 is 2.77 bits per heavy atom. The highest BCUT2D eigenvalue weighted by atomic mass is 16.5. The van der Waals surface area contributed by atoms with Crippen molar-refractivity contribution in [3.05, 3.63) is 23.8 Å². The molecular formula is C19H26N2O5. The van der Waals surface area contributed by atoms with E-state index in [0.717, 1.165) is 24.8 Å². The number of nitrogens with one attached hydrogen (secondary N) is 1. The largest absolute Gasteiger partial charge is 0.495 e. The number of rotatable bonds is 6. The highest BCUT2D eigenvalue weighted by molar-refractivity contribution is 5.96. The molecule has 0 bridgehead atoms. The molecule has 0 spiro atoms. The summed E-state index contributed by atoms with van der Waals surface area (Å²) in [6, 6.07) is 5.41. The van der Waals surface area contributed by atoms with Crippen LogP contribution in [0.25, 0.3) is 0 Å². The summed E-state index contributed by atoms with van der Waals surface area (Å²) in [6.07, 6.45) is 2.18. The summed E-state index contributed by atoms with van der Waals surface area (Å²) in [7, 11) is 1.52. The molecule has 1 N–H and O–H groups in total. The van der Waals surface area contributed by atoms with E-state index >= 15 is 0 Å². The molecule has 0 aromatic heterocycles. The topological polar surface area (TPSA) is 84.9 Å². The normalized spacial score (nSPS) is 15.8. The first kappa shape index (κ1) is 19.8. The molecule has 2 rings (SSSR count). The van der Waals surface area contributed by atoms with E-state index in [9.17, 15) is 14.4 Å². The molecule has 7 nitrogen and oxygen atoms in total. The van der Waals surface area contributed by atoms with Gasteiger partial charge in [-0.05, 0) is 44.4 Å². The van der Waals surface area contributed by atoms with Crippen LogP contribution in [0, 0.1) is 6.92 Å². The number of benzene rings is 1.